The van der Waals surface area contributed by atoms with E-state index in [2.05, 4.69) is 15.6 Å². The van der Waals surface area contributed by atoms with Crippen LogP contribution in [-0.4, -0.2) is 34.3 Å². The van der Waals surface area contributed by atoms with Gasteiger partial charge in [-0.25, -0.2) is 9.37 Å². The molecule has 0 saturated heterocycles. The minimum Gasteiger partial charge on any atom is -0.493 e. The number of hydrogen-bond acceptors (Lipinski definition) is 4. The molecule has 1 aromatic carbocycles. The van der Waals surface area contributed by atoms with Crippen LogP contribution in [0.3, 0.4) is 0 Å². The third kappa shape index (κ3) is 6.19. The summed E-state index contributed by atoms with van der Waals surface area (Å²) in [6.07, 6.45) is 1.11. The van der Waals surface area contributed by atoms with Crippen molar-refractivity contribution in [2.24, 2.45) is 0 Å². The number of aromatic nitrogens is 1. The molecule has 3 N–H and O–H groups in total. The Hall–Kier alpha value is -2.09. The van der Waals surface area contributed by atoms with Gasteiger partial charge in [0.1, 0.15) is 5.88 Å². The van der Waals surface area contributed by atoms with E-state index < -0.39 is 23.4 Å². The average molecular weight is 463 g/mol. The van der Waals surface area contributed by atoms with Crippen LogP contribution in [0.1, 0.15) is 24.0 Å². The summed E-state index contributed by atoms with van der Waals surface area (Å²) in [5.41, 5.74) is -2.27. The molecule has 10 heteroatoms. The number of hydrogen-bond donors (Lipinski definition) is 3. The minimum atomic E-state index is -2.57. The summed E-state index contributed by atoms with van der Waals surface area (Å²) in [5, 5.41) is 15.7. The topological polar surface area (TPSA) is 91.3 Å². The van der Waals surface area contributed by atoms with Crippen LogP contribution >= 0.6 is 34.8 Å². The van der Waals surface area contributed by atoms with E-state index >= 15 is 4.39 Å². The van der Waals surface area contributed by atoms with Gasteiger partial charge in [-0.2, -0.15) is 0 Å². The molecule has 0 fully saturated rings. The van der Waals surface area contributed by atoms with Crippen molar-refractivity contribution >= 4 is 46.6 Å². The number of benzene rings is 1. The summed E-state index contributed by atoms with van der Waals surface area (Å²) in [6, 6.07) is 7.44. The molecule has 156 valence electrons. The van der Waals surface area contributed by atoms with Crippen LogP contribution in [0.4, 0.5) is 4.39 Å². The fraction of sp³-hybridized carbons (Fsp3) is 0.316. The van der Waals surface area contributed by atoms with Gasteiger partial charge in [0.25, 0.3) is 5.91 Å². The molecule has 2 amide bonds. The maximum Gasteiger partial charge on any atom is 0.262 e. The first-order valence-corrected chi connectivity index (χ1v) is 9.95. The summed E-state index contributed by atoms with van der Waals surface area (Å²) < 4.78 is 15.8. The van der Waals surface area contributed by atoms with Gasteiger partial charge >= 0.3 is 0 Å². The van der Waals surface area contributed by atoms with Crippen molar-refractivity contribution in [2.75, 3.05) is 12.4 Å². The number of rotatable bonds is 9. The van der Waals surface area contributed by atoms with Crippen molar-refractivity contribution in [1.29, 1.82) is 0 Å². The zero-order chi connectivity index (χ0) is 21.4. The molecular formula is C19H19Cl3FN3O3. The van der Waals surface area contributed by atoms with Crippen molar-refractivity contribution in [3.8, 4) is 5.88 Å². The van der Waals surface area contributed by atoms with E-state index in [1.54, 1.807) is 12.1 Å². The highest BCUT2D eigenvalue weighted by Gasteiger charge is 2.42. The Balaban J connectivity index is 2.16. The van der Waals surface area contributed by atoms with Gasteiger partial charge in [0.15, 0.2) is 0 Å². The fourth-order valence-corrected chi connectivity index (χ4v) is 3.23. The number of nitrogens with zero attached hydrogens (tertiary/aromatic N) is 1. The second kappa shape index (κ2) is 10.6. The van der Waals surface area contributed by atoms with Gasteiger partial charge in [-0.3, -0.25) is 9.59 Å². The maximum atomic E-state index is 15.8. The van der Waals surface area contributed by atoms with Gasteiger partial charge in [-0.15, -0.1) is 11.6 Å². The molecule has 0 radical (unpaired) electrons. The molecule has 29 heavy (non-hydrogen) atoms. The zero-order valence-corrected chi connectivity index (χ0v) is 17.5. The van der Waals surface area contributed by atoms with Crippen LogP contribution in [0.5, 0.6) is 5.88 Å². The molecule has 0 aliphatic rings. The number of alkyl halides is 2. The second-order valence-electron chi connectivity index (χ2n) is 6.18. The molecule has 0 spiro atoms. The first-order chi connectivity index (χ1) is 13.8. The third-order valence-corrected chi connectivity index (χ3v) is 5.00. The summed E-state index contributed by atoms with van der Waals surface area (Å²) >= 11 is 17.3. The SMILES string of the molecule is O=C(CCl)NCCC[C@](F)(C(=O)NCc1ccc(Cl)cc1Cl)c1cccnc1O. The van der Waals surface area contributed by atoms with Gasteiger partial charge in [0, 0.05) is 29.3 Å². The lowest BCUT2D eigenvalue weighted by Gasteiger charge is -2.25. The van der Waals surface area contributed by atoms with E-state index in [1.807, 2.05) is 0 Å². The Labute approximate surface area is 182 Å². The van der Waals surface area contributed by atoms with Gasteiger partial charge in [0.2, 0.25) is 17.5 Å². The largest absolute Gasteiger partial charge is 0.493 e. The van der Waals surface area contributed by atoms with Gasteiger partial charge < -0.3 is 15.7 Å². The monoisotopic (exact) mass is 461 g/mol. The first kappa shape index (κ1) is 23.2. The highest BCUT2D eigenvalue weighted by Crippen LogP contribution is 2.36. The van der Waals surface area contributed by atoms with Crippen LogP contribution in [0.25, 0.3) is 0 Å². The second-order valence-corrected chi connectivity index (χ2v) is 7.29. The first-order valence-electron chi connectivity index (χ1n) is 8.66. The number of aromatic hydroxyl groups is 1. The van der Waals surface area contributed by atoms with E-state index in [0.717, 1.165) is 0 Å². The highest BCUT2D eigenvalue weighted by molar-refractivity contribution is 6.35. The number of carbonyl (C=O) groups is 2. The van der Waals surface area contributed by atoms with Crippen LogP contribution in [0.15, 0.2) is 36.5 Å². The van der Waals surface area contributed by atoms with E-state index in [-0.39, 0.29) is 37.4 Å². The molecule has 1 aromatic heterocycles. The highest BCUT2D eigenvalue weighted by atomic mass is 35.5. The predicted octanol–water partition coefficient (Wildman–Crippen LogP) is 3.71. The lowest BCUT2D eigenvalue weighted by molar-refractivity contribution is -0.134. The summed E-state index contributed by atoms with van der Waals surface area (Å²) in [4.78, 5) is 27.6. The van der Waals surface area contributed by atoms with Gasteiger partial charge in [-0.05, 0) is 42.7 Å². The predicted molar refractivity (Wildman–Crippen MR) is 110 cm³/mol. The molecule has 0 unspecified atom stereocenters. The molecule has 0 bridgehead atoms. The van der Waals surface area contributed by atoms with E-state index in [9.17, 15) is 14.7 Å². The van der Waals surface area contributed by atoms with Crippen molar-refractivity contribution in [3.05, 3.63) is 57.7 Å². The smallest absolute Gasteiger partial charge is 0.262 e. The van der Waals surface area contributed by atoms with Gasteiger partial charge in [0.05, 0.1) is 5.56 Å². The lowest BCUT2D eigenvalue weighted by atomic mass is 9.90. The molecule has 0 aliphatic heterocycles. The van der Waals surface area contributed by atoms with Crippen LogP contribution < -0.4 is 10.6 Å². The third-order valence-electron chi connectivity index (χ3n) is 4.17. The average Bonchev–Trinajstić information content (AvgIpc) is 2.70. The van der Waals surface area contributed by atoms with Crippen molar-refractivity contribution in [3.63, 3.8) is 0 Å². The van der Waals surface area contributed by atoms with Crippen LogP contribution in [0, 0.1) is 0 Å². The number of carbonyl (C=O) groups excluding carboxylic acids is 2. The molecule has 1 atom stereocenters. The van der Waals surface area contributed by atoms with Crippen LogP contribution in [0.2, 0.25) is 10.0 Å². The Morgan fingerprint density at radius 1 is 1.21 bits per heavy atom. The summed E-state index contributed by atoms with van der Waals surface area (Å²) in [5.74, 6) is -2.16. The van der Waals surface area contributed by atoms with Crippen molar-refractivity contribution in [2.45, 2.75) is 25.1 Å². The Morgan fingerprint density at radius 3 is 2.62 bits per heavy atom. The number of nitrogens with one attached hydrogen (secondary N) is 2. The molecular weight excluding hydrogens is 444 g/mol. The number of halogens is 4. The minimum absolute atomic E-state index is 0.0372. The Bertz CT molecular complexity index is 885. The molecule has 0 aliphatic carbocycles. The molecule has 2 rings (SSSR count). The fourth-order valence-electron chi connectivity index (χ4n) is 2.66. The molecule has 1 heterocycles. The molecule has 2 aromatic rings. The van der Waals surface area contributed by atoms with Gasteiger partial charge in [-0.1, -0.05) is 29.3 Å². The van der Waals surface area contributed by atoms with Crippen molar-refractivity contribution in [1.82, 2.24) is 15.6 Å². The summed E-state index contributed by atoms with van der Waals surface area (Å²) in [6.45, 7) is 0.0824. The quantitative estimate of drug-likeness (QED) is 0.391. The molecule has 0 saturated carbocycles. The van der Waals surface area contributed by atoms with E-state index in [0.29, 0.717) is 15.6 Å². The zero-order valence-electron chi connectivity index (χ0n) is 15.2. The summed E-state index contributed by atoms with van der Waals surface area (Å²) in [7, 11) is 0. The van der Waals surface area contributed by atoms with Crippen molar-refractivity contribution < 1.29 is 19.1 Å². The molecule has 6 nitrogen and oxygen atoms in total. The number of amides is 2. The van der Waals surface area contributed by atoms with E-state index in [1.165, 1.54) is 24.4 Å². The Morgan fingerprint density at radius 2 is 1.97 bits per heavy atom. The maximum absolute atomic E-state index is 15.8. The number of pyridine rings is 1. The standard InChI is InChI=1S/C19H19Cl3FN3O3/c20-10-16(27)24-8-2-6-19(23,14-3-1-7-25-17(14)28)18(29)26-11-12-4-5-13(21)9-15(12)22/h1,3-5,7,9H,2,6,8,10-11H2,(H,24,27)(H,25,28)(H,26,29)/t19-/m1/s1. The van der Waals surface area contributed by atoms with E-state index in [4.69, 9.17) is 34.8 Å². The van der Waals surface area contributed by atoms with Crippen LogP contribution in [-0.2, 0) is 21.8 Å². The Kier molecular flexibility index (Phi) is 8.49. The normalized spacial score (nSPS) is 12.8. The lowest BCUT2D eigenvalue weighted by Crippen LogP contribution is -2.41.